The first-order valence-corrected chi connectivity index (χ1v) is 12.4. The maximum Gasteiger partial charge on any atom is 0.222 e. The van der Waals surface area contributed by atoms with E-state index in [-0.39, 0.29) is 11.7 Å². The average Bonchev–Trinajstić information content (AvgIpc) is 3.35. The van der Waals surface area contributed by atoms with Gasteiger partial charge in [-0.2, -0.15) is 0 Å². The number of aromatic amines is 1. The molecule has 1 saturated heterocycles. The highest BCUT2D eigenvalue weighted by Crippen LogP contribution is 2.28. The van der Waals surface area contributed by atoms with Crippen LogP contribution in [0.1, 0.15) is 24.1 Å². The van der Waals surface area contributed by atoms with E-state index in [2.05, 4.69) is 14.9 Å². The Balaban J connectivity index is 1.24. The van der Waals surface area contributed by atoms with E-state index < -0.39 is 0 Å². The number of imidazole rings is 1. The normalized spacial score (nSPS) is 13.7. The van der Waals surface area contributed by atoms with Gasteiger partial charge in [-0.15, -0.1) is 0 Å². The predicted molar refractivity (Wildman–Crippen MR) is 140 cm³/mol. The molecule has 7 heteroatoms. The van der Waals surface area contributed by atoms with Crippen LogP contribution < -0.4 is 4.90 Å². The number of carbonyl (C=O) groups is 1. The molecule has 6 nitrogen and oxygen atoms in total. The minimum absolute atomic E-state index is 0.186. The molecule has 3 heterocycles. The van der Waals surface area contributed by atoms with Crippen molar-refractivity contribution in [2.75, 3.05) is 31.1 Å². The molecule has 0 radical (unpaired) electrons. The lowest BCUT2D eigenvalue weighted by Gasteiger charge is -2.35. The second-order valence-corrected chi connectivity index (χ2v) is 9.15. The van der Waals surface area contributed by atoms with Gasteiger partial charge in [0.1, 0.15) is 17.5 Å². The van der Waals surface area contributed by atoms with Crippen LogP contribution in [0, 0.1) is 12.7 Å². The molecule has 0 aliphatic carbocycles. The Kier molecular flexibility index (Phi) is 7.07. The highest BCUT2D eigenvalue weighted by Gasteiger charge is 2.22. The Hall–Kier alpha value is -4.00. The second-order valence-electron chi connectivity index (χ2n) is 9.15. The standard InChI is InChI=1S/C29H30FN5O/c1-21-20-23(13-14-24(21)30)29-32-25(28(33-29)22-8-3-2-4-9-22)10-7-12-27(36)35-18-16-34(17-19-35)26-11-5-6-15-31-26/h2-6,8-9,11,13-15,20H,7,10,12,16-19H2,1H3,(H,32,33). The van der Waals surface area contributed by atoms with Crippen LogP contribution in [0.15, 0.2) is 72.9 Å². The highest BCUT2D eigenvalue weighted by atomic mass is 19.1. The van der Waals surface area contributed by atoms with E-state index >= 15 is 0 Å². The minimum Gasteiger partial charge on any atom is -0.353 e. The molecule has 1 amide bonds. The van der Waals surface area contributed by atoms with Crippen molar-refractivity contribution in [3.8, 4) is 22.6 Å². The number of piperazine rings is 1. The van der Waals surface area contributed by atoms with Gasteiger partial charge in [0.05, 0.1) is 5.69 Å². The zero-order valence-corrected chi connectivity index (χ0v) is 20.5. The number of nitrogens with one attached hydrogen (secondary N) is 1. The third kappa shape index (κ3) is 5.30. The molecular weight excluding hydrogens is 453 g/mol. The molecular formula is C29H30FN5O. The van der Waals surface area contributed by atoms with E-state index in [4.69, 9.17) is 4.98 Å². The van der Waals surface area contributed by atoms with Gasteiger partial charge in [-0.25, -0.2) is 14.4 Å². The van der Waals surface area contributed by atoms with Gasteiger partial charge < -0.3 is 14.8 Å². The van der Waals surface area contributed by atoms with Crippen molar-refractivity contribution in [3.05, 3.63) is 90.0 Å². The average molecular weight is 484 g/mol. The van der Waals surface area contributed by atoms with Crippen LogP contribution in [0.3, 0.4) is 0 Å². The molecule has 5 rings (SSSR count). The predicted octanol–water partition coefficient (Wildman–Crippen LogP) is 5.26. The number of halogens is 1. The van der Waals surface area contributed by atoms with Gasteiger partial charge in [0, 0.05) is 55.6 Å². The fourth-order valence-electron chi connectivity index (χ4n) is 4.65. The van der Waals surface area contributed by atoms with Gasteiger partial charge in [-0.05, 0) is 55.7 Å². The number of aromatic nitrogens is 3. The van der Waals surface area contributed by atoms with Crippen LogP contribution in [0.2, 0.25) is 0 Å². The molecule has 0 atom stereocenters. The number of H-pyrrole nitrogens is 1. The summed E-state index contributed by atoms with van der Waals surface area (Å²) >= 11 is 0. The number of carbonyl (C=O) groups excluding carboxylic acids is 1. The molecule has 0 bridgehead atoms. The summed E-state index contributed by atoms with van der Waals surface area (Å²) < 4.78 is 13.8. The molecule has 184 valence electrons. The maximum atomic E-state index is 13.8. The number of benzene rings is 2. The number of pyridine rings is 1. The number of rotatable bonds is 7. The maximum absolute atomic E-state index is 13.8. The largest absolute Gasteiger partial charge is 0.353 e. The van der Waals surface area contributed by atoms with Crippen LogP contribution >= 0.6 is 0 Å². The summed E-state index contributed by atoms with van der Waals surface area (Å²) in [6.45, 7) is 4.76. The molecule has 1 N–H and O–H groups in total. The fourth-order valence-corrected chi connectivity index (χ4v) is 4.65. The first-order valence-electron chi connectivity index (χ1n) is 12.4. The molecule has 2 aromatic heterocycles. The van der Waals surface area contributed by atoms with E-state index in [0.717, 1.165) is 47.8 Å². The third-order valence-corrected chi connectivity index (χ3v) is 6.68. The Labute approximate surface area is 210 Å². The van der Waals surface area contributed by atoms with Crippen LogP contribution in [0.4, 0.5) is 10.2 Å². The number of amides is 1. The summed E-state index contributed by atoms with van der Waals surface area (Å²) in [5, 5.41) is 0. The van der Waals surface area contributed by atoms with E-state index in [1.54, 1.807) is 25.3 Å². The zero-order chi connectivity index (χ0) is 24.9. The van der Waals surface area contributed by atoms with Crippen LogP contribution in [0.5, 0.6) is 0 Å². The van der Waals surface area contributed by atoms with Crippen molar-refractivity contribution < 1.29 is 9.18 Å². The topological polar surface area (TPSA) is 65.1 Å². The van der Waals surface area contributed by atoms with Gasteiger partial charge in [0.2, 0.25) is 5.91 Å². The number of aryl methyl sites for hydroxylation is 2. The van der Waals surface area contributed by atoms with Crippen LogP contribution in [-0.4, -0.2) is 51.9 Å². The number of hydrogen-bond donors (Lipinski definition) is 1. The molecule has 36 heavy (non-hydrogen) atoms. The molecule has 2 aromatic carbocycles. The Morgan fingerprint density at radius 3 is 2.47 bits per heavy atom. The van der Waals surface area contributed by atoms with Crippen molar-refractivity contribution in [1.82, 2.24) is 19.9 Å². The summed E-state index contributed by atoms with van der Waals surface area (Å²) in [5.41, 5.74) is 4.32. The first kappa shape index (κ1) is 23.7. The smallest absolute Gasteiger partial charge is 0.222 e. The summed E-state index contributed by atoms with van der Waals surface area (Å²) in [6.07, 6.45) is 3.72. The molecule has 0 unspecified atom stereocenters. The molecule has 1 aliphatic rings. The van der Waals surface area contributed by atoms with E-state index in [1.165, 1.54) is 6.07 Å². The van der Waals surface area contributed by atoms with E-state index in [0.29, 0.717) is 37.3 Å². The molecule has 1 fully saturated rings. The van der Waals surface area contributed by atoms with E-state index in [9.17, 15) is 9.18 Å². The highest BCUT2D eigenvalue weighted by molar-refractivity contribution is 5.76. The molecule has 0 spiro atoms. The quantitative estimate of drug-likeness (QED) is 0.390. The lowest BCUT2D eigenvalue weighted by molar-refractivity contribution is -0.131. The third-order valence-electron chi connectivity index (χ3n) is 6.68. The van der Waals surface area contributed by atoms with Crippen LogP contribution in [0.25, 0.3) is 22.6 Å². The molecule has 4 aromatic rings. The van der Waals surface area contributed by atoms with Gasteiger partial charge in [-0.1, -0.05) is 36.4 Å². The summed E-state index contributed by atoms with van der Waals surface area (Å²) in [4.78, 5) is 29.8. The van der Waals surface area contributed by atoms with Crippen molar-refractivity contribution in [3.63, 3.8) is 0 Å². The lowest BCUT2D eigenvalue weighted by atomic mass is 10.1. The van der Waals surface area contributed by atoms with Gasteiger partial charge in [0.25, 0.3) is 0 Å². The monoisotopic (exact) mass is 483 g/mol. The Morgan fingerprint density at radius 2 is 1.75 bits per heavy atom. The minimum atomic E-state index is -0.229. The Bertz CT molecular complexity index is 1310. The number of anilines is 1. The number of nitrogens with zero attached hydrogens (tertiary/aromatic N) is 4. The fraction of sp³-hybridized carbons (Fsp3) is 0.276. The first-order chi connectivity index (χ1) is 17.6. The van der Waals surface area contributed by atoms with Crippen molar-refractivity contribution >= 4 is 11.7 Å². The summed E-state index contributed by atoms with van der Waals surface area (Å²) in [6, 6.07) is 21.0. The van der Waals surface area contributed by atoms with Crippen LogP contribution in [-0.2, 0) is 11.2 Å². The van der Waals surface area contributed by atoms with Gasteiger partial charge in [0.15, 0.2) is 0 Å². The summed E-state index contributed by atoms with van der Waals surface area (Å²) in [5.74, 6) is 1.63. The second kappa shape index (κ2) is 10.7. The Morgan fingerprint density at radius 1 is 0.972 bits per heavy atom. The van der Waals surface area contributed by atoms with Gasteiger partial charge >= 0.3 is 0 Å². The van der Waals surface area contributed by atoms with Crippen molar-refractivity contribution in [2.24, 2.45) is 0 Å². The lowest BCUT2D eigenvalue weighted by Crippen LogP contribution is -2.49. The molecule has 1 aliphatic heterocycles. The molecule has 0 saturated carbocycles. The van der Waals surface area contributed by atoms with E-state index in [1.807, 2.05) is 53.4 Å². The van der Waals surface area contributed by atoms with Crippen molar-refractivity contribution in [2.45, 2.75) is 26.2 Å². The zero-order valence-electron chi connectivity index (χ0n) is 20.5. The summed E-state index contributed by atoms with van der Waals surface area (Å²) in [7, 11) is 0. The van der Waals surface area contributed by atoms with Gasteiger partial charge in [-0.3, -0.25) is 4.79 Å². The van der Waals surface area contributed by atoms with Crippen molar-refractivity contribution in [1.29, 1.82) is 0 Å². The number of hydrogen-bond acceptors (Lipinski definition) is 4. The SMILES string of the molecule is Cc1cc(-c2nc(-c3ccccc3)c(CCCC(=O)N3CCN(c4ccccn4)CC3)[nH]2)ccc1F.